The lowest BCUT2D eigenvalue weighted by Gasteiger charge is -2.22. The fraction of sp³-hybridized carbons (Fsp3) is 0.700. The van der Waals surface area contributed by atoms with Gasteiger partial charge in [-0.15, -0.1) is 0 Å². The molecule has 13 heavy (non-hydrogen) atoms. The van der Waals surface area contributed by atoms with Crippen molar-refractivity contribution in [3.8, 4) is 0 Å². The third kappa shape index (κ3) is 2.54. The summed E-state index contributed by atoms with van der Waals surface area (Å²) < 4.78 is 13.0. The summed E-state index contributed by atoms with van der Waals surface area (Å²) in [4.78, 5) is 10.4. The first-order valence-electron chi connectivity index (χ1n) is 4.72. The van der Waals surface area contributed by atoms with Crippen LogP contribution in [0, 0.1) is 5.92 Å². The molecular formula is C10H15FO2. The molecule has 0 aliphatic heterocycles. The molecule has 74 valence electrons. The van der Waals surface area contributed by atoms with E-state index in [0.29, 0.717) is 5.57 Å². The smallest absolute Gasteiger partial charge is 0.364 e. The number of carboxylic acid groups (broad SMARTS) is 1. The maximum absolute atomic E-state index is 13.0. The van der Waals surface area contributed by atoms with Gasteiger partial charge in [-0.2, -0.15) is 4.39 Å². The van der Waals surface area contributed by atoms with Gasteiger partial charge < -0.3 is 5.11 Å². The number of carboxylic acids is 1. The van der Waals surface area contributed by atoms with E-state index in [9.17, 15) is 9.18 Å². The second-order valence-electron chi connectivity index (χ2n) is 3.64. The Hall–Kier alpha value is -0.860. The van der Waals surface area contributed by atoms with Crippen LogP contribution in [-0.4, -0.2) is 11.1 Å². The van der Waals surface area contributed by atoms with Gasteiger partial charge in [0.1, 0.15) is 0 Å². The summed E-state index contributed by atoms with van der Waals surface area (Å²) in [5.74, 6) is -2.22. The Morgan fingerprint density at radius 2 is 1.85 bits per heavy atom. The number of allylic oxidation sites excluding steroid dienone is 1. The van der Waals surface area contributed by atoms with E-state index in [0.717, 1.165) is 25.7 Å². The number of hydrogen-bond acceptors (Lipinski definition) is 1. The van der Waals surface area contributed by atoms with Gasteiger partial charge in [0.2, 0.25) is 5.83 Å². The van der Waals surface area contributed by atoms with Gasteiger partial charge in [0.05, 0.1) is 0 Å². The van der Waals surface area contributed by atoms with E-state index in [1.807, 2.05) is 0 Å². The van der Waals surface area contributed by atoms with E-state index in [2.05, 4.69) is 0 Å². The molecule has 0 radical (unpaired) electrons. The molecule has 1 aliphatic carbocycles. The molecule has 1 aliphatic rings. The molecule has 0 heterocycles. The van der Waals surface area contributed by atoms with E-state index in [1.165, 1.54) is 6.42 Å². The molecule has 2 nitrogen and oxygen atoms in total. The van der Waals surface area contributed by atoms with Gasteiger partial charge in [-0.3, -0.25) is 0 Å². The van der Waals surface area contributed by atoms with Crippen LogP contribution in [0.2, 0.25) is 0 Å². The Morgan fingerprint density at radius 3 is 2.31 bits per heavy atom. The summed E-state index contributed by atoms with van der Waals surface area (Å²) in [5, 5.41) is 8.45. The average Bonchev–Trinajstić information content (AvgIpc) is 2.17. The lowest BCUT2D eigenvalue weighted by molar-refractivity contribution is -0.134. The summed E-state index contributed by atoms with van der Waals surface area (Å²) in [6.45, 7) is 1.60. The van der Waals surface area contributed by atoms with Crippen molar-refractivity contribution in [2.45, 2.75) is 39.0 Å². The third-order valence-corrected chi connectivity index (χ3v) is 2.75. The van der Waals surface area contributed by atoms with Crippen LogP contribution in [-0.2, 0) is 4.79 Å². The number of rotatable bonds is 2. The van der Waals surface area contributed by atoms with Crippen molar-refractivity contribution in [1.82, 2.24) is 0 Å². The van der Waals surface area contributed by atoms with E-state index < -0.39 is 11.8 Å². The van der Waals surface area contributed by atoms with Crippen LogP contribution in [0.1, 0.15) is 39.0 Å². The molecule has 0 saturated heterocycles. The summed E-state index contributed by atoms with van der Waals surface area (Å²) >= 11 is 0. The molecule has 1 saturated carbocycles. The van der Waals surface area contributed by atoms with Crippen molar-refractivity contribution in [3.05, 3.63) is 11.4 Å². The van der Waals surface area contributed by atoms with Crippen LogP contribution < -0.4 is 0 Å². The quantitative estimate of drug-likeness (QED) is 0.673. The Balaban J connectivity index is 2.68. The fourth-order valence-electron chi connectivity index (χ4n) is 1.88. The lowest BCUT2D eigenvalue weighted by atomic mass is 9.84. The highest BCUT2D eigenvalue weighted by atomic mass is 19.1. The zero-order chi connectivity index (χ0) is 9.84. The minimum atomic E-state index is -1.43. The summed E-state index contributed by atoms with van der Waals surface area (Å²) in [6.07, 6.45) is 5.25. The van der Waals surface area contributed by atoms with Crippen LogP contribution in [0.3, 0.4) is 0 Å². The molecule has 0 atom stereocenters. The third-order valence-electron chi connectivity index (χ3n) is 2.75. The van der Waals surface area contributed by atoms with Crippen molar-refractivity contribution >= 4 is 5.97 Å². The Morgan fingerprint density at radius 1 is 1.31 bits per heavy atom. The molecule has 0 aromatic carbocycles. The number of aliphatic carboxylic acids is 1. The van der Waals surface area contributed by atoms with Gasteiger partial charge in [-0.05, 0) is 31.3 Å². The summed E-state index contributed by atoms with van der Waals surface area (Å²) in [7, 11) is 0. The van der Waals surface area contributed by atoms with Gasteiger partial charge >= 0.3 is 5.97 Å². The standard InChI is InChI=1S/C10H15FO2/c1-7(9(11)10(12)13)8-5-3-2-4-6-8/h8H,2-6H2,1H3,(H,12,13). The van der Waals surface area contributed by atoms with Crippen LogP contribution in [0.25, 0.3) is 0 Å². The first kappa shape index (κ1) is 10.2. The van der Waals surface area contributed by atoms with Crippen LogP contribution >= 0.6 is 0 Å². The normalized spacial score (nSPS) is 21.1. The number of hydrogen-bond donors (Lipinski definition) is 1. The average molecular weight is 186 g/mol. The molecule has 0 amide bonds. The fourth-order valence-corrected chi connectivity index (χ4v) is 1.88. The second-order valence-corrected chi connectivity index (χ2v) is 3.64. The Bertz CT molecular complexity index is 227. The molecule has 1 rings (SSSR count). The molecule has 1 fully saturated rings. The maximum atomic E-state index is 13.0. The van der Waals surface area contributed by atoms with E-state index in [-0.39, 0.29) is 5.92 Å². The molecule has 0 spiro atoms. The van der Waals surface area contributed by atoms with Gasteiger partial charge in [0.25, 0.3) is 0 Å². The first-order valence-corrected chi connectivity index (χ1v) is 4.72. The lowest BCUT2D eigenvalue weighted by Crippen LogP contribution is -2.11. The topological polar surface area (TPSA) is 37.3 Å². The molecule has 1 N–H and O–H groups in total. The Labute approximate surface area is 77.4 Å². The van der Waals surface area contributed by atoms with Crippen LogP contribution in [0.5, 0.6) is 0 Å². The molecular weight excluding hydrogens is 171 g/mol. The van der Waals surface area contributed by atoms with Crippen LogP contribution in [0.4, 0.5) is 4.39 Å². The minimum Gasteiger partial charge on any atom is -0.476 e. The summed E-state index contributed by atoms with van der Waals surface area (Å²) in [5.41, 5.74) is 0.423. The number of carbonyl (C=O) groups is 1. The second kappa shape index (κ2) is 4.40. The zero-order valence-corrected chi connectivity index (χ0v) is 7.85. The van der Waals surface area contributed by atoms with Crippen molar-refractivity contribution in [1.29, 1.82) is 0 Å². The van der Waals surface area contributed by atoms with Crippen molar-refractivity contribution in [2.75, 3.05) is 0 Å². The van der Waals surface area contributed by atoms with Gasteiger partial charge in [0, 0.05) is 0 Å². The van der Waals surface area contributed by atoms with Crippen molar-refractivity contribution in [3.63, 3.8) is 0 Å². The van der Waals surface area contributed by atoms with Crippen molar-refractivity contribution < 1.29 is 14.3 Å². The first-order chi connectivity index (χ1) is 6.13. The molecule has 3 heteroatoms. The minimum absolute atomic E-state index is 0.157. The highest BCUT2D eigenvalue weighted by Gasteiger charge is 2.20. The largest absolute Gasteiger partial charge is 0.476 e. The predicted octanol–water partition coefficient (Wildman–Crippen LogP) is 2.89. The van der Waals surface area contributed by atoms with Gasteiger partial charge in [-0.1, -0.05) is 19.3 Å². The SMILES string of the molecule is CC(=C(F)C(=O)O)C1CCCCC1. The number of halogens is 1. The maximum Gasteiger partial charge on any atom is 0.364 e. The Kier molecular flexibility index (Phi) is 3.46. The van der Waals surface area contributed by atoms with Crippen molar-refractivity contribution in [2.24, 2.45) is 5.92 Å². The predicted molar refractivity (Wildman–Crippen MR) is 48.0 cm³/mol. The van der Waals surface area contributed by atoms with Crippen LogP contribution in [0.15, 0.2) is 11.4 Å². The molecule has 0 aromatic rings. The highest BCUT2D eigenvalue weighted by molar-refractivity contribution is 5.84. The van der Waals surface area contributed by atoms with E-state index >= 15 is 0 Å². The molecule has 0 unspecified atom stereocenters. The van der Waals surface area contributed by atoms with E-state index in [4.69, 9.17) is 5.11 Å². The molecule has 0 bridgehead atoms. The van der Waals surface area contributed by atoms with Gasteiger partial charge in [-0.25, -0.2) is 4.79 Å². The zero-order valence-electron chi connectivity index (χ0n) is 7.85. The van der Waals surface area contributed by atoms with Gasteiger partial charge in [0.15, 0.2) is 0 Å². The molecule has 0 aromatic heterocycles. The van der Waals surface area contributed by atoms with E-state index in [1.54, 1.807) is 6.92 Å². The highest BCUT2D eigenvalue weighted by Crippen LogP contribution is 2.31. The summed E-state index contributed by atoms with van der Waals surface area (Å²) in [6, 6.07) is 0. The monoisotopic (exact) mass is 186 g/mol.